The van der Waals surface area contributed by atoms with Crippen LogP contribution in [0.25, 0.3) is 0 Å². The predicted octanol–water partition coefficient (Wildman–Crippen LogP) is -0.236. The summed E-state index contributed by atoms with van der Waals surface area (Å²) in [6.07, 6.45) is 1.25. The van der Waals surface area contributed by atoms with Gasteiger partial charge >= 0.3 is 5.97 Å². The summed E-state index contributed by atoms with van der Waals surface area (Å²) in [4.78, 5) is 23.3. The van der Waals surface area contributed by atoms with Gasteiger partial charge in [0.2, 0.25) is 6.10 Å². The number of ketones is 1. The molecule has 2 heterocycles. The number of terminal acetylenes is 1. The van der Waals surface area contributed by atoms with Crippen molar-refractivity contribution in [2.75, 3.05) is 13.2 Å². The lowest BCUT2D eigenvalue weighted by atomic mass is 9.94. The second-order valence-electron chi connectivity index (χ2n) is 6.10. The highest BCUT2D eigenvalue weighted by molar-refractivity contribution is 6.00. The third kappa shape index (κ3) is 3.45. The van der Waals surface area contributed by atoms with Crippen molar-refractivity contribution in [1.29, 1.82) is 0 Å². The second kappa shape index (κ2) is 6.78. The molecule has 0 radical (unpaired) electrons. The molecule has 0 aromatic rings. The van der Waals surface area contributed by atoms with Gasteiger partial charge in [-0.2, -0.15) is 0 Å². The quantitative estimate of drug-likeness (QED) is 0.401. The Hall–Kier alpha value is -1.50. The summed E-state index contributed by atoms with van der Waals surface area (Å²) in [5, 5.41) is 10.7. The maximum absolute atomic E-state index is 11.7. The van der Waals surface area contributed by atoms with Crippen molar-refractivity contribution in [2.24, 2.45) is 0 Å². The predicted molar refractivity (Wildman–Crippen MR) is 79.5 cm³/mol. The molecule has 8 nitrogen and oxygen atoms in total. The molecule has 2 saturated heterocycles. The molecule has 8 heteroatoms. The van der Waals surface area contributed by atoms with Crippen molar-refractivity contribution in [3.05, 3.63) is 0 Å². The van der Waals surface area contributed by atoms with E-state index in [1.807, 2.05) is 0 Å². The molecular formula is C16H22O8. The zero-order chi connectivity index (χ0) is 18.1. The van der Waals surface area contributed by atoms with Gasteiger partial charge < -0.3 is 28.8 Å². The second-order valence-corrected chi connectivity index (χ2v) is 6.10. The van der Waals surface area contributed by atoms with Crippen LogP contribution in [0.4, 0.5) is 0 Å². The Balaban J connectivity index is 2.06. The van der Waals surface area contributed by atoms with E-state index in [4.69, 9.17) is 30.1 Å². The average molecular weight is 342 g/mol. The highest BCUT2D eigenvalue weighted by Crippen LogP contribution is 2.42. The molecule has 2 fully saturated rings. The maximum Gasteiger partial charge on any atom is 0.343 e. The van der Waals surface area contributed by atoms with Crippen LogP contribution >= 0.6 is 0 Å². The minimum atomic E-state index is -1.81. The molecule has 134 valence electrons. The summed E-state index contributed by atoms with van der Waals surface area (Å²) in [6, 6.07) is 0. The van der Waals surface area contributed by atoms with Crippen molar-refractivity contribution in [3.8, 4) is 12.3 Å². The molecule has 0 aromatic heterocycles. The lowest BCUT2D eigenvalue weighted by Crippen LogP contribution is -2.50. The fourth-order valence-electron chi connectivity index (χ4n) is 2.67. The number of Topliss-reactive ketones (excluding diaryl/α,β-unsaturated/α-hetero) is 1. The molecule has 2 aliphatic rings. The standard InChI is InChI=1S/C16H22O8/c1-6-16(19)10(22-14-12(16)23-15(4,5)24-14)8-21-11(9(3)17)13(18)20-7-2/h1,10-12,14,19H,7-8H2,2-5H3/t10-,11?,12+,14-,16-/m1/s1. The van der Waals surface area contributed by atoms with Crippen molar-refractivity contribution < 1.29 is 38.4 Å². The Morgan fingerprint density at radius 2 is 2.04 bits per heavy atom. The van der Waals surface area contributed by atoms with Crippen LogP contribution in [0.15, 0.2) is 0 Å². The fraction of sp³-hybridized carbons (Fsp3) is 0.750. The van der Waals surface area contributed by atoms with Gasteiger partial charge in [-0.1, -0.05) is 5.92 Å². The summed E-state index contributed by atoms with van der Waals surface area (Å²) in [5.74, 6) is -0.0224. The number of carbonyl (C=O) groups is 2. The number of hydrogen-bond donors (Lipinski definition) is 1. The van der Waals surface area contributed by atoms with Gasteiger partial charge in [0, 0.05) is 0 Å². The van der Waals surface area contributed by atoms with Crippen LogP contribution in [-0.4, -0.2) is 66.1 Å². The van der Waals surface area contributed by atoms with Crippen LogP contribution in [-0.2, 0) is 33.3 Å². The topological polar surface area (TPSA) is 101 Å². The smallest absolute Gasteiger partial charge is 0.343 e. The first kappa shape index (κ1) is 18.8. The molecule has 1 N–H and O–H groups in total. The van der Waals surface area contributed by atoms with Crippen molar-refractivity contribution >= 4 is 11.8 Å². The zero-order valence-electron chi connectivity index (χ0n) is 14.1. The van der Waals surface area contributed by atoms with Crippen molar-refractivity contribution in [1.82, 2.24) is 0 Å². The molecule has 0 amide bonds. The van der Waals surface area contributed by atoms with Crippen LogP contribution in [0.5, 0.6) is 0 Å². The summed E-state index contributed by atoms with van der Waals surface area (Å²) in [6.45, 7) is 5.97. The molecule has 2 aliphatic heterocycles. The Bertz CT molecular complexity index is 551. The van der Waals surface area contributed by atoms with Crippen LogP contribution in [0.3, 0.4) is 0 Å². The molecule has 0 aromatic carbocycles. The average Bonchev–Trinajstić information content (AvgIpc) is 2.91. The van der Waals surface area contributed by atoms with Gasteiger partial charge in [0.1, 0.15) is 6.10 Å². The number of carbonyl (C=O) groups excluding carboxylic acids is 2. The van der Waals surface area contributed by atoms with Crippen molar-refractivity contribution in [3.63, 3.8) is 0 Å². The first-order chi connectivity index (χ1) is 11.1. The van der Waals surface area contributed by atoms with E-state index in [1.165, 1.54) is 6.92 Å². The van der Waals surface area contributed by atoms with E-state index in [-0.39, 0.29) is 13.2 Å². The molecule has 0 bridgehead atoms. The number of hydrogen-bond acceptors (Lipinski definition) is 8. The van der Waals surface area contributed by atoms with Crippen LogP contribution in [0, 0.1) is 12.3 Å². The molecule has 0 saturated carbocycles. The fourth-order valence-corrected chi connectivity index (χ4v) is 2.67. The van der Waals surface area contributed by atoms with E-state index in [1.54, 1.807) is 20.8 Å². The van der Waals surface area contributed by atoms with Gasteiger partial charge in [0.15, 0.2) is 29.6 Å². The molecule has 2 rings (SSSR count). The van der Waals surface area contributed by atoms with E-state index < -0.39 is 47.7 Å². The van der Waals surface area contributed by atoms with Gasteiger partial charge in [0.25, 0.3) is 0 Å². The SMILES string of the molecule is C#C[C@@]1(O)[C@@H](COC(C(C)=O)C(=O)OCC)O[C@@H]2OC(C)(C)O[C@@H]21. The number of ether oxygens (including phenoxy) is 5. The Labute approximate surface area is 140 Å². The van der Waals surface area contributed by atoms with Crippen LogP contribution in [0.1, 0.15) is 27.7 Å². The lowest BCUT2D eigenvalue weighted by Gasteiger charge is -2.29. The number of fused-ring (bicyclic) bond motifs is 1. The van der Waals surface area contributed by atoms with E-state index in [9.17, 15) is 14.7 Å². The lowest BCUT2D eigenvalue weighted by molar-refractivity contribution is -0.229. The van der Waals surface area contributed by atoms with Gasteiger partial charge in [-0.25, -0.2) is 4.79 Å². The minimum absolute atomic E-state index is 0.112. The molecule has 24 heavy (non-hydrogen) atoms. The summed E-state index contributed by atoms with van der Waals surface area (Å²) < 4.78 is 26.8. The summed E-state index contributed by atoms with van der Waals surface area (Å²) >= 11 is 0. The zero-order valence-corrected chi connectivity index (χ0v) is 14.1. The molecule has 5 atom stereocenters. The van der Waals surface area contributed by atoms with Gasteiger partial charge in [-0.15, -0.1) is 6.42 Å². The van der Waals surface area contributed by atoms with E-state index in [2.05, 4.69) is 5.92 Å². The number of rotatable bonds is 6. The van der Waals surface area contributed by atoms with Crippen LogP contribution < -0.4 is 0 Å². The summed E-state index contributed by atoms with van der Waals surface area (Å²) in [7, 11) is 0. The summed E-state index contributed by atoms with van der Waals surface area (Å²) in [5.41, 5.74) is -1.81. The highest BCUT2D eigenvalue weighted by Gasteiger charge is 2.62. The van der Waals surface area contributed by atoms with Gasteiger partial charge in [0.05, 0.1) is 13.2 Å². The molecule has 0 spiro atoms. The molecule has 1 unspecified atom stereocenters. The monoisotopic (exact) mass is 342 g/mol. The first-order valence-corrected chi connectivity index (χ1v) is 7.64. The Kier molecular flexibility index (Phi) is 5.32. The largest absolute Gasteiger partial charge is 0.464 e. The highest BCUT2D eigenvalue weighted by atomic mass is 16.8. The van der Waals surface area contributed by atoms with Crippen LogP contribution in [0.2, 0.25) is 0 Å². The Morgan fingerprint density at radius 1 is 1.38 bits per heavy atom. The molecular weight excluding hydrogens is 320 g/mol. The van der Waals surface area contributed by atoms with E-state index in [0.29, 0.717) is 0 Å². The minimum Gasteiger partial charge on any atom is -0.464 e. The first-order valence-electron chi connectivity index (χ1n) is 7.64. The third-order valence-corrected chi connectivity index (χ3v) is 3.80. The Morgan fingerprint density at radius 3 is 2.58 bits per heavy atom. The normalized spacial score (nSPS) is 35.1. The maximum atomic E-state index is 11.7. The molecule has 0 aliphatic carbocycles. The number of aliphatic hydroxyl groups is 1. The number of esters is 1. The van der Waals surface area contributed by atoms with E-state index >= 15 is 0 Å². The third-order valence-electron chi connectivity index (χ3n) is 3.80. The van der Waals surface area contributed by atoms with Gasteiger partial charge in [-0.3, -0.25) is 4.79 Å². The van der Waals surface area contributed by atoms with Gasteiger partial charge in [-0.05, 0) is 27.7 Å². The van der Waals surface area contributed by atoms with E-state index in [0.717, 1.165) is 0 Å². The van der Waals surface area contributed by atoms with Crippen molar-refractivity contribution in [2.45, 2.75) is 63.7 Å².